The molecule has 42 heavy (non-hydrogen) atoms. The lowest BCUT2D eigenvalue weighted by Gasteiger charge is -2.31. The van der Waals surface area contributed by atoms with Crippen molar-refractivity contribution in [3.63, 3.8) is 0 Å². The first-order valence-corrected chi connectivity index (χ1v) is 14.4. The smallest absolute Gasteiger partial charge is 0.376 e. The van der Waals surface area contributed by atoms with E-state index in [1.807, 2.05) is 11.8 Å². The Kier molecular flexibility index (Phi) is 7.06. The van der Waals surface area contributed by atoms with Gasteiger partial charge >= 0.3 is 6.18 Å². The number of halogens is 4. The fourth-order valence-corrected chi connectivity index (χ4v) is 6.39. The molecule has 222 valence electrons. The number of carbonyl (C=O) groups excluding carboxylic acids is 1. The van der Waals surface area contributed by atoms with Crippen molar-refractivity contribution in [3.05, 3.63) is 61.3 Å². The summed E-state index contributed by atoms with van der Waals surface area (Å²) in [5.74, 6) is -0.234. The first-order valence-electron chi connectivity index (χ1n) is 14.3. The first kappa shape index (κ1) is 26.2. The molecule has 0 spiro atoms. The minimum absolute atomic E-state index is 0.00973. The second kappa shape index (κ2) is 11.3. The van der Waals surface area contributed by atoms with Crippen LogP contribution in [0.3, 0.4) is 0 Å². The molecule has 1 aromatic carbocycles. The van der Waals surface area contributed by atoms with Crippen LogP contribution in [0.5, 0.6) is 0 Å². The zero-order valence-electron chi connectivity index (χ0n) is 24.3. The quantitative estimate of drug-likeness (QED) is 0.335. The highest BCUT2D eigenvalue weighted by atomic mass is 35.5. The van der Waals surface area contributed by atoms with Crippen LogP contribution >= 0.6 is 22.9 Å². The predicted octanol–water partition coefficient (Wildman–Crippen LogP) is 3.98. The van der Waals surface area contributed by atoms with Crippen molar-refractivity contribution >= 4 is 46.0 Å². The van der Waals surface area contributed by atoms with E-state index in [0.717, 1.165) is 28.6 Å². The summed E-state index contributed by atoms with van der Waals surface area (Å²) in [4.78, 5) is 35.3. The Labute approximate surface area is 249 Å². The minimum Gasteiger partial charge on any atom is -0.376 e. The molecule has 3 aromatic heterocycles. The minimum atomic E-state index is -4.59. The number of nitrogens with one attached hydrogen (secondary N) is 2. The molecule has 0 bridgehead atoms. The number of aryl methyl sites for hydroxylation is 1. The molecular formula is C27H27ClF3N7O3S. The molecule has 4 aromatic rings. The van der Waals surface area contributed by atoms with E-state index in [0.29, 0.717) is 48.9 Å². The van der Waals surface area contributed by atoms with Crippen LogP contribution in [0.25, 0.3) is 16.5 Å². The lowest BCUT2D eigenvalue weighted by atomic mass is 10.1. The van der Waals surface area contributed by atoms with Crippen LogP contribution in [0.4, 0.5) is 24.5 Å². The van der Waals surface area contributed by atoms with E-state index >= 15 is 0 Å². The van der Waals surface area contributed by atoms with Crippen LogP contribution in [0.1, 0.15) is 31.4 Å². The van der Waals surface area contributed by atoms with Crippen molar-refractivity contribution in [2.45, 2.75) is 39.1 Å². The lowest BCUT2D eigenvalue weighted by molar-refractivity contribution is -0.137. The summed E-state index contributed by atoms with van der Waals surface area (Å²) in [6.45, 7) is 2.28. The third-order valence-electron chi connectivity index (χ3n) is 7.15. The van der Waals surface area contributed by atoms with E-state index in [-0.39, 0.29) is 47.4 Å². The maximum Gasteiger partial charge on any atom is 0.416 e. The number of hydrogen-bond donors (Lipinski definition) is 2. The third kappa shape index (κ3) is 5.39. The maximum absolute atomic E-state index is 13.9. The molecule has 2 N–H and O–H groups in total. The summed E-state index contributed by atoms with van der Waals surface area (Å²) < 4.78 is 63.3. The fourth-order valence-electron chi connectivity index (χ4n) is 5.14. The Morgan fingerprint density at radius 3 is 2.79 bits per heavy atom. The van der Waals surface area contributed by atoms with Gasteiger partial charge in [0.15, 0.2) is 5.82 Å². The SMILES string of the molecule is [2H]C1([2H])Cc2cc(-c3nc4n(CC(=O)Nc5ccc(C(F)(F)F)cc5Cl)c(CC)c(N5CCNCC5)c(=O)n4n3)sc2CO1. The molecular weight excluding hydrogens is 595 g/mol. The molecule has 0 radical (unpaired) electrons. The number of anilines is 2. The molecule has 15 heteroatoms. The zero-order valence-corrected chi connectivity index (χ0v) is 23.9. The van der Waals surface area contributed by atoms with Crippen LogP contribution in [0.15, 0.2) is 29.1 Å². The highest BCUT2D eigenvalue weighted by molar-refractivity contribution is 7.15. The van der Waals surface area contributed by atoms with Gasteiger partial charge in [0, 0.05) is 31.1 Å². The number of aromatic nitrogens is 4. The van der Waals surface area contributed by atoms with Crippen molar-refractivity contribution in [3.8, 4) is 10.7 Å². The van der Waals surface area contributed by atoms with Crippen molar-refractivity contribution in [1.29, 1.82) is 0 Å². The summed E-state index contributed by atoms with van der Waals surface area (Å²) in [6.07, 6.45) is -4.14. The third-order valence-corrected chi connectivity index (χ3v) is 8.61. The van der Waals surface area contributed by atoms with Gasteiger partial charge in [-0.05, 0) is 42.7 Å². The number of thiophene rings is 1. The van der Waals surface area contributed by atoms with Gasteiger partial charge < -0.3 is 24.8 Å². The van der Waals surface area contributed by atoms with Gasteiger partial charge in [-0.2, -0.15) is 22.7 Å². The Balaban J connectivity index is 1.42. The number of alkyl halides is 3. The van der Waals surface area contributed by atoms with Gasteiger partial charge in [0.05, 0.1) is 42.8 Å². The molecule has 2 aliphatic rings. The average molecular weight is 624 g/mol. The normalized spacial score (nSPS) is 17.6. The second-order valence-corrected chi connectivity index (χ2v) is 11.4. The number of hydrogen-bond acceptors (Lipinski definition) is 8. The number of piperazine rings is 1. The molecule has 0 aliphatic carbocycles. The van der Waals surface area contributed by atoms with Gasteiger partial charge in [-0.25, -0.2) is 0 Å². The molecule has 2 aliphatic heterocycles. The second-order valence-electron chi connectivity index (χ2n) is 9.83. The number of fused-ring (bicyclic) bond motifs is 2. The fraction of sp³-hybridized carbons (Fsp3) is 0.407. The Morgan fingerprint density at radius 2 is 2.07 bits per heavy atom. The molecule has 0 atom stereocenters. The molecule has 5 heterocycles. The van der Waals surface area contributed by atoms with E-state index in [4.69, 9.17) is 19.1 Å². The largest absolute Gasteiger partial charge is 0.416 e. The number of carbonyl (C=O) groups is 1. The van der Waals surface area contributed by atoms with Crippen LogP contribution in [0, 0.1) is 0 Å². The van der Waals surface area contributed by atoms with Crippen LogP contribution in [-0.4, -0.2) is 57.8 Å². The lowest BCUT2D eigenvalue weighted by Crippen LogP contribution is -2.47. The summed E-state index contributed by atoms with van der Waals surface area (Å²) >= 11 is 7.43. The molecule has 0 unspecified atom stereocenters. The van der Waals surface area contributed by atoms with Crippen LogP contribution < -0.4 is 21.1 Å². The molecule has 1 saturated heterocycles. The van der Waals surface area contributed by atoms with Gasteiger partial charge in [0.1, 0.15) is 12.2 Å². The topological polar surface area (TPSA) is 106 Å². The Hall–Kier alpha value is -3.46. The molecule has 1 amide bonds. The zero-order chi connectivity index (χ0) is 31.4. The van der Waals surface area contributed by atoms with E-state index in [2.05, 4.69) is 20.7 Å². The van der Waals surface area contributed by atoms with Crippen LogP contribution in [0.2, 0.25) is 5.02 Å². The van der Waals surface area contributed by atoms with E-state index in [1.165, 1.54) is 15.9 Å². The average Bonchev–Trinajstić information content (AvgIpc) is 3.59. The van der Waals surface area contributed by atoms with Gasteiger partial charge in [0.2, 0.25) is 11.7 Å². The standard InChI is InChI=1S/C27H27ClF3N7O3S/c1-2-19-23(36-8-6-32-7-9-36)25(40)38-26(34-24(35-38)20-11-15-5-10-41-14-21(15)42-20)37(19)13-22(39)33-18-4-3-16(12-17(18)28)27(29,30)31/h3-4,11-12,32H,2,5-10,13-14H2,1H3,(H,33,39)/i10D2. The van der Waals surface area contributed by atoms with Crippen LogP contribution in [-0.2, 0) is 41.7 Å². The van der Waals surface area contributed by atoms with Gasteiger partial charge in [-0.15, -0.1) is 16.4 Å². The van der Waals surface area contributed by atoms with E-state index in [9.17, 15) is 22.8 Å². The van der Waals surface area contributed by atoms with E-state index in [1.54, 1.807) is 10.6 Å². The molecule has 10 nitrogen and oxygen atoms in total. The monoisotopic (exact) mass is 623 g/mol. The summed E-state index contributed by atoms with van der Waals surface area (Å²) in [7, 11) is 0. The first-order chi connectivity index (χ1) is 20.8. The van der Waals surface area contributed by atoms with Gasteiger partial charge in [0.25, 0.3) is 5.56 Å². The summed E-state index contributed by atoms with van der Waals surface area (Å²) in [6, 6.07) is 4.47. The number of benzene rings is 1. The highest BCUT2D eigenvalue weighted by Crippen LogP contribution is 2.35. The van der Waals surface area contributed by atoms with Crippen molar-refractivity contribution in [2.75, 3.05) is 43.0 Å². The Bertz CT molecular complexity index is 1820. The molecule has 6 rings (SSSR count). The van der Waals surface area contributed by atoms with Crippen molar-refractivity contribution in [2.24, 2.45) is 0 Å². The summed E-state index contributed by atoms with van der Waals surface area (Å²) in [5, 5.41) is 10.1. The predicted molar refractivity (Wildman–Crippen MR) is 153 cm³/mol. The summed E-state index contributed by atoms with van der Waals surface area (Å²) in [5.41, 5.74) is 0.412. The maximum atomic E-state index is 13.9. The molecule has 1 fully saturated rings. The number of nitrogens with zero attached hydrogens (tertiary/aromatic N) is 5. The number of amides is 1. The number of ether oxygens (including phenoxy) is 1. The Morgan fingerprint density at radius 1 is 1.29 bits per heavy atom. The highest BCUT2D eigenvalue weighted by Gasteiger charge is 2.31. The van der Waals surface area contributed by atoms with Crippen molar-refractivity contribution in [1.82, 2.24) is 24.5 Å². The molecule has 0 saturated carbocycles. The number of rotatable bonds is 6. The van der Waals surface area contributed by atoms with Gasteiger partial charge in [-0.1, -0.05) is 18.5 Å². The van der Waals surface area contributed by atoms with E-state index < -0.39 is 24.2 Å². The van der Waals surface area contributed by atoms with Gasteiger partial charge in [-0.3, -0.25) is 9.59 Å². The van der Waals surface area contributed by atoms with Crippen molar-refractivity contribution < 1.29 is 25.4 Å².